The van der Waals surface area contributed by atoms with Gasteiger partial charge in [0.25, 0.3) is 0 Å². The molecule has 3 atom stereocenters. The second kappa shape index (κ2) is 5.49. The summed E-state index contributed by atoms with van der Waals surface area (Å²) in [6.07, 6.45) is 4.47. The van der Waals surface area contributed by atoms with Crippen LogP contribution in [0.1, 0.15) is 38.5 Å². The fourth-order valence-electron chi connectivity index (χ4n) is 2.58. The van der Waals surface area contributed by atoms with Crippen molar-refractivity contribution in [2.24, 2.45) is 5.92 Å². The second-order valence-corrected chi connectivity index (χ2v) is 4.91. The number of carboxylic acids is 1. The third-order valence-electron chi connectivity index (χ3n) is 3.60. The van der Waals surface area contributed by atoms with E-state index in [4.69, 9.17) is 9.84 Å². The first kappa shape index (κ1) is 12.4. The highest BCUT2D eigenvalue weighted by Gasteiger charge is 2.32. The van der Waals surface area contributed by atoms with E-state index < -0.39 is 5.97 Å². The van der Waals surface area contributed by atoms with Crippen LogP contribution in [0.15, 0.2) is 0 Å². The highest BCUT2D eigenvalue weighted by atomic mass is 16.5. The number of nitrogens with one attached hydrogen (secondary N) is 1. The van der Waals surface area contributed by atoms with Gasteiger partial charge >= 0.3 is 5.97 Å². The number of carbonyl (C=O) groups is 2. The highest BCUT2D eigenvalue weighted by Crippen LogP contribution is 2.26. The van der Waals surface area contributed by atoms with E-state index in [1.54, 1.807) is 0 Å². The summed E-state index contributed by atoms with van der Waals surface area (Å²) in [5.41, 5.74) is 0. The average Bonchev–Trinajstić information content (AvgIpc) is 2.79. The number of amides is 1. The highest BCUT2D eigenvalue weighted by molar-refractivity contribution is 5.81. The molecule has 0 aromatic heterocycles. The van der Waals surface area contributed by atoms with Gasteiger partial charge < -0.3 is 15.2 Å². The van der Waals surface area contributed by atoms with Crippen LogP contribution in [-0.2, 0) is 14.3 Å². The fourth-order valence-corrected chi connectivity index (χ4v) is 2.58. The summed E-state index contributed by atoms with van der Waals surface area (Å²) < 4.78 is 5.40. The van der Waals surface area contributed by atoms with Gasteiger partial charge in [0, 0.05) is 12.6 Å². The van der Waals surface area contributed by atoms with Crippen molar-refractivity contribution in [3.63, 3.8) is 0 Å². The van der Waals surface area contributed by atoms with Gasteiger partial charge in [-0.15, -0.1) is 0 Å². The maximum Gasteiger partial charge on any atom is 0.306 e. The molecular formula is C12H19NO4. The number of aliphatic carboxylic acids is 1. The Balaban J connectivity index is 1.77. The standard InChI is InChI=1S/C12H19NO4/c14-11(10-3-1-2-6-17-10)13-9-5-4-8(7-9)12(15)16/h8-10H,1-7H2,(H,13,14)(H,15,16). The van der Waals surface area contributed by atoms with Crippen molar-refractivity contribution in [3.05, 3.63) is 0 Å². The lowest BCUT2D eigenvalue weighted by atomic mass is 10.1. The molecular weight excluding hydrogens is 222 g/mol. The molecule has 1 heterocycles. The Morgan fingerprint density at radius 2 is 2.00 bits per heavy atom. The van der Waals surface area contributed by atoms with Crippen LogP contribution in [0.5, 0.6) is 0 Å². The summed E-state index contributed by atoms with van der Waals surface area (Å²) in [5.74, 6) is -1.12. The second-order valence-electron chi connectivity index (χ2n) is 4.91. The first-order valence-corrected chi connectivity index (χ1v) is 6.31. The number of rotatable bonds is 3. The molecule has 17 heavy (non-hydrogen) atoms. The van der Waals surface area contributed by atoms with E-state index in [1.165, 1.54) is 0 Å². The molecule has 96 valence electrons. The van der Waals surface area contributed by atoms with Gasteiger partial charge in [0.05, 0.1) is 5.92 Å². The molecule has 2 aliphatic rings. The molecule has 2 rings (SSSR count). The number of hydrogen-bond donors (Lipinski definition) is 2. The maximum atomic E-state index is 11.8. The van der Waals surface area contributed by atoms with E-state index in [-0.39, 0.29) is 24.0 Å². The van der Waals surface area contributed by atoms with Gasteiger partial charge in [0.2, 0.25) is 5.91 Å². The Labute approximate surface area is 101 Å². The van der Waals surface area contributed by atoms with Gasteiger partial charge in [-0.1, -0.05) is 0 Å². The Morgan fingerprint density at radius 1 is 1.18 bits per heavy atom. The number of ether oxygens (including phenoxy) is 1. The minimum absolute atomic E-state index is 0.00845. The van der Waals surface area contributed by atoms with Crippen LogP contribution >= 0.6 is 0 Å². The molecule has 2 N–H and O–H groups in total. The molecule has 1 aliphatic heterocycles. The fraction of sp³-hybridized carbons (Fsp3) is 0.833. The predicted molar refractivity (Wildman–Crippen MR) is 60.5 cm³/mol. The quantitative estimate of drug-likeness (QED) is 0.770. The molecule has 0 aromatic carbocycles. The van der Waals surface area contributed by atoms with Crippen LogP contribution in [0.3, 0.4) is 0 Å². The molecule has 1 saturated carbocycles. The van der Waals surface area contributed by atoms with Crippen molar-refractivity contribution < 1.29 is 19.4 Å². The van der Waals surface area contributed by atoms with Crippen LogP contribution < -0.4 is 5.32 Å². The lowest BCUT2D eigenvalue weighted by molar-refractivity contribution is -0.142. The predicted octanol–water partition coefficient (Wildman–Crippen LogP) is 0.925. The Bertz CT molecular complexity index is 299. The van der Waals surface area contributed by atoms with Crippen LogP contribution in [0.25, 0.3) is 0 Å². The molecule has 5 nitrogen and oxygen atoms in total. The molecule has 1 saturated heterocycles. The molecule has 0 spiro atoms. The molecule has 5 heteroatoms. The summed E-state index contributed by atoms with van der Waals surface area (Å²) in [5, 5.41) is 11.8. The van der Waals surface area contributed by atoms with Crippen molar-refractivity contribution in [2.45, 2.75) is 50.7 Å². The van der Waals surface area contributed by atoms with Crippen molar-refractivity contribution in [2.75, 3.05) is 6.61 Å². The zero-order valence-electron chi connectivity index (χ0n) is 9.85. The van der Waals surface area contributed by atoms with Crippen molar-refractivity contribution in [3.8, 4) is 0 Å². The van der Waals surface area contributed by atoms with Gasteiger partial charge in [-0.3, -0.25) is 9.59 Å². The van der Waals surface area contributed by atoms with Crippen LogP contribution in [0, 0.1) is 5.92 Å². The van der Waals surface area contributed by atoms with E-state index in [0.29, 0.717) is 19.4 Å². The van der Waals surface area contributed by atoms with Gasteiger partial charge in [-0.2, -0.15) is 0 Å². The topological polar surface area (TPSA) is 75.6 Å². The Kier molecular flexibility index (Phi) is 3.99. The van der Waals surface area contributed by atoms with E-state index in [2.05, 4.69) is 5.32 Å². The van der Waals surface area contributed by atoms with Crippen molar-refractivity contribution >= 4 is 11.9 Å². The maximum absolute atomic E-state index is 11.8. The van der Waals surface area contributed by atoms with Crippen LogP contribution in [0.4, 0.5) is 0 Å². The minimum atomic E-state index is -0.754. The van der Waals surface area contributed by atoms with E-state index in [0.717, 1.165) is 25.7 Å². The third kappa shape index (κ3) is 3.19. The smallest absolute Gasteiger partial charge is 0.306 e. The Morgan fingerprint density at radius 3 is 2.59 bits per heavy atom. The Hall–Kier alpha value is -1.10. The summed E-state index contributed by atoms with van der Waals surface area (Å²) in [4.78, 5) is 22.6. The first-order chi connectivity index (χ1) is 8.16. The molecule has 0 bridgehead atoms. The molecule has 2 fully saturated rings. The summed E-state index contributed by atoms with van der Waals surface area (Å²) in [6.45, 7) is 0.653. The van der Waals surface area contributed by atoms with Gasteiger partial charge in [0.15, 0.2) is 0 Å². The summed E-state index contributed by atoms with van der Waals surface area (Å²) in [6, 6.07) is 0.00845. The largest absolute Gasteiger partial charge is 0.481 e. The first-order valence-electron chi connectivity index (χ1n) is 6.31. The van der Waals surface area contributed by atoms with Gasteiger partial charge in [0.1, 0.15) is 6.10 Å². The number of carboxylic acid groups (broad SMARTS) is 1. The zero-order valence-corrected chi connectivity index (χ0v) is 9.85. The van der Waals surface area contributed by atoms with Crippen molar-refractivity contribution in [1.29, 1.82) is 0 Å². The molecule has 0 aromatic rings. The van der Waals surface area contributed by atoms with Gasteiger partial charge in [-0.05, 0) is 38.5 Å². The normalized spacial score (nSPS) is 33.3. The molecule has 1 amide bonds. The van der Waals surface area contributed by atoms with Crippen molar-refractivity contribution in [1.82, 2.24) is 5.32 Å². The van der Waals surface area contributed by atoms with E-state index in [9.17, 15) is 9.59 Å². The average molecular weight is 241 g/mol. The van der Waals surface area contributed by atoms with E-state index in [1.807, 2.05) is 0 Å². The monoisotopic (exact) mass is 241 g/mol. The van der Waals surface area contributed by atoms with Crippen LogP contribution in [-0.4, -0.2) is 35.7 Å². The lowest BCUT2D eigenvalue weighted by Crippen LogP contribution is -2.42. The van der Waals surface area contributed by atoms with Gasteiger partial charge in [-0.25, -0.2) is 0 Å². The summed E-state index contributed by atoms with van der Waals surface area (Å²) >= 11 is 0. The number of carbonyl (C=O) groups excluding carboxylic acids is 1. The zero-order chi connectivity index (χ0) is 12.3. The van der Waals surface area contributed by atoms with Crippen LogP contribution in [0.2, 0.25) is 0 Å². The molecule has 1 aliphatic carbocycles. The molecule has 3 unspecified atom stereocenters. The van der Waals surface area contributed by atoms with E-state index >= 15 is 0 Å². The number of hydrogen-bond acceptors (Lipinski definition) is 3. The minimum Gasteiger partial charge on any atom is -0.481 e. The molecule has 0 radical (unpaired) electrons. The third-order valence-corrected chi connectivity index (χ3v) is 3.60. The SMILES string of the molecule is O=C(O)C1CCC(NC(=O)C2CCCCO2)C1. The lowest BCUT2D eigenvalue weighted by Gasteiger charge is -2.23. The summed E-state index contributed by atoms with van der Waals surface area (Å²) in [7, 11) is 0.